The SMILES string of the molecule is CCN(Cc1cc2cc3c(cc2n1C)[C@H](O)[C@H](O)Cc1c-3[nH]c(=O)c(C(=O)O)c1O)C(=O)OC(C)(C)C. The van der Waals surface area contributed by atoms with Crippen LogP contribution < -0.4 is 5.56 Å². The van der Waals surface area contributed by atoms with Gasteiger partial charge < -0.3 is 39.6 Å². The number of aryl methyl sites for hydroxylation is 1. The fraction of sp³-hybridized carbons (Fsp3) is 0.423. The zero-order valence-electron chi connectivity index (χ0n) is 21.3. The molecular weight excluding hydrogens is 482 g/mol. The standard InChI is InChI=1S/C26H31N3O8/c1-6-29(25(36)37-26(2,3)4)11-13-7-12-8-14-15(9-17(12)28(13)5)21(31)18(30)10-16-20(14)27-23(33)19(22(16)32)24(34)35/h7-9,18,21,30-31H,6,10-11H2,1-5H3,(H,34,35)(H2,27,32,33)/t18-,21+/m1/s1. The van der Waals surface area contributed by atoms with Crippen molar-refractivity contribution < 1.29 is 34.8 Å². The Hall–Kier alpha value is -3.83. The molecule has 1 amide bonds. The number of benzene rings is 1. The van der Waals surface area contributed by atoms with E-state index in [1.165, 1.54) is 0 Å². The summed E-state index contributed by atoms with van der Waals surface area (Å²) in [6, 6.07) is 5.24. The fourth-order valence-electron chi connectivity index (χ4n) is 4.68. The van der Waals surface area contributed by atoms with Gasteiger partial charge in [-0.2, -0.15) is 0 Å². The molecule has 0 unspecified atom stereocenters. The lowest BCUT2D eigenvalue weighted by atomic mass is 9.97. The van der Waals surface area contributed by atoms with E-state index in [0.717, 1.165) is 5.69 Å². The van der Waals surface area contributed by atoms with Crippen molar-refractivity contribution in [2.24, 2.45) is 7.05 Å². The number of carboxylic acids is 1. The van der Waals surface area contributed by atoms with Crippen LogP contribution in [0.3, 0.4) is 0 Å². The number of rotatable bonds is 4. The van der Waals surface area contributed by atoms with Crippen molar-refractivity contribution in [3.8, 4) is 17.0 Å². The number of amides is 1. The van der Waals surface area contributed by atoms with Gasteiger partial charge >= 0.3 is 12.1 Å². The van der Waals surface area contributed by atoms with Crippen molar-refractivity contribution in [1.82, 2.24) is 14.5 Å². The van der Waals surface area contributed by atoms with E-state index in [1.807, 2.05) is 24.6 Å². The Balaban J connectivity index is 1.86. The average molecular weight is 514 g/mol. The number of aliphatic hydroxyl groups is 2. The number of hydrogen-bond donors (Lipinski definition) is 5. The highest BCUT2D eigenvalue weighted by Crippen LogP contribution is 2.41. The van der Waals surface area contributed by atoms with Crippen molar-refractivity contribution in [3.05, 3.63) is 50.9 Å². The number of fused-ring (bicyclic) bond motifs is 4. The number of H-pyrrole nitrogens is 1. The van der Waals surface area contributed by atoms with Crippen molar-refractivity contribution in [2.75, 3.05) is 6.54 Å². The number of carbonyl (C=O) groups is 2. The summed E-state index contributed by atoms with van der Waals surface area (Å²) in [5.74, 6) is -2.34. The van der Waals surface area contributed by atoms with E-state index in [0.29, 0.717) is 28.6 Å². The van der Waals surface area contributed by atoms with Crippen LogP contribution in [0.2, 0.25) is 0 Å². The first-order valence-corrected chi connectivity index (χ1v) is 11.9. The molecule has 2 heterocycles. The quantitative estimate of drug-likeness (QED) is 0.355. The van der Waals surface area contributed by atoms with E-state index in [1.54, 1.807) is 37.8 Å². The molecule has 0 fully saturated rings. The molecule has 0 spiro atoms. The number of carbonyl (C=O) groups excluding carboxylic acids is 1. The predicted molar refractivity (Wildman–Crippen MR) is 135 cm³/mol. The van der Waals surface area contributed by atoms with Crippen molar-refractivity contribution in [2.45, 2.75) is 58.5 Å². The number of aromatic carboxylic acids is 1. The number of nitrogens with zero attached hydrogens (tertiary/aromatic N) is 2. The number of carboxylic acid groups (broad SMARTS) is 1. The number of aromatic amines is 1. The normalized spacial score (nSPS) is 17.2. The topological polar surface area (TPSA) is 165 Å². The van der Waals surface area contributed by atoms with Gasteiger partial charge in [0.25, 0.3) is 5.56 Å². The second-order valence-electron chi connectivity index (χ2n) is 10.2. The third-order valence-corrected chi connectivity index (χ3v) is 6.57. The zero-order chi connectivity index (χ0) is 27.4. The van der Waals surface area contributed by atoms with Crippen LogP contribution in [-0.4, -0.2) is 65.2 Å². The number of aromatic nitrogens is 2. The van der Waals surface area contributed by atoms with E-state index >= 15 is 0 Å². The molecule has 0 radical (unpaired) electrons. The van der Waals surface area contributed by atoms with Gasteiger partial charge in [-0.1, -0.05) is 0 Å². The second kappa shape index (κ2) is 9.24. The van der Waals surface area contributed by atoms with Crippen LogP contribution in [0.15, 0.2) is 23.0 Å². The third kappa shape index (κ3) is 4.67. The van der Waals surface area contributed by atoms with Crippen LogP contribution in [-0.2, 0) is 24.8 Å². The Labute approximate surface area is 212 Å². The minimum absolute atomic E-state index is 0.0277. The van der Waals surface area contributed by atoms with Crippen molar-refractivity contribution in [3.63, 3.8) is 0 Å². The van der Waals surface area contributed by atoms with Gasteiger partial charge in [0.15, 0.2) is 5.56 Å². The molecule has 1 aliphatic carbocycles. The molecule has 0 aliphatic heterocycles. The molecule has 5 N–H and O–H groups in total. The summed E-state index contributed by atoms with van der Waals surface area (Å²) in [6.45, 7) is 7.89. The Morgan fingerprint density at radius 1 is 1.22 bits per heavy atom. The molecule has 198 valence electrons. The number of pyridine rings is 1. The molecule has 11 heteroatoms. The maximum absolute atomic E-state index is 12.7. The molecule has 1 aromatic carbocycles. The van der Waals surface area contributed by atoms with Crippen LogP contribution in [0, 0.1) is 0 Å². The van der Waals surface area contributed by atoms with Gasteiger partial charge in [-0.25, -0.2) is 9.59 Å². The van der Waals surface area contributed by atoms with Crippen molar-refractivity contribution >= 4 is 23.0 Å². The molecule has 0 bridgehead atoms. The molecule has 3 aromatic rings. The van der Waals surface area contributed by atoms with Gasteiger partial charge in [-0.15, -0.1) is 0 Å². The highest BCUT2D eigenvalue weighted by Gasteiger charge is 2.33. The van der Waals surface area contributed by atoms with E-state index in [2.05, 4.69) is 4.98 Å². The largest absolute Gasteiger partial charge is 0.506 e. The first kappa shape index (κ1) is 26.2. The number of hydrogen-bond acceptors (Lipinski definition) is 7. The maximum atomic E-state index is 12.7. The lowest BCUT2D eigenvalue weighted by molar-refractivity contribution is 0.0201. The fourth-order valence-corrected chi connectivity index (χ4v) is 4.68. The summed E-state index contributed by atoms with van der Waals surface area (Å²) in [5, 5.41) is 42.3. The van der Waals surface area contributed by atoms with Crippen LogP contribution >= 0.6 is 0 Å². The maximum Gasteiger partial charge on any atom is 0.410 e. The Morgan fingerprint density at radius 2 is 1.89 bits per heavy atom. The highest BCUT2D eigenvalue weighted by molar-refractivity contribution is 5.93. The Bertz CT molecular complexity index is 1460. The molecule has 2 aromatic heterocycles. The van der Waals surface area contributed by atoms with E-state index < -0.39 is 46.7 Å². The Kier molecular flexibility index (Phi) is 6.55. The molecule has 37 heavy (non-hydrogen) atoms. The van der Waals surface area contributed by atoms with E-state index in [9.17, 15) is 34.8 Å². The lowest BCUT2D eigenvalue weighted by Gasteiger charge is -2.26. The molecule has 0 saturated heterocycles. The van der Waals surface area contributed by atoms with Crippen molar-refractivity contribution in [1.29, 1.82) is 0 Å². The first-order valence-electron chi connectivity index (χ1n) is 11.9. The number of nitrogens with one attached hydrogen (secondary N) is 1. The molecule has 4 rings (SSSR count). The van der Waals surface area contributed by atoms with Gasteiger partial charge in [0.2, 0.25) is 0 Å². The summed E-state index contributed by atoms with van der Waals surface area (Å²) in [4.78, 5) is 40.8. The van der Waals surface area contributed by atoms with Gasteiger partial charge in [0, 0.05) is 47.7 Å². The van der Waals surface area contributed by atoms with Crippen LogP contribution in [0.4, 0.5) is 4.79 Å². The van der Waals surface area contributed by atoms with E-state index in [4.69, 9.17) is 4.74 Å². The van der Waals surface area contributed by atoms with Gasteiger partial charge in [0.05, 0.1) is 18.3 Å². The predicted octanol–water partition coefficient (Wildman–Crippen LogP) is 2.64. The minimum Gasteiger partial charge on any atom is -0.506 e. The molecule has 2 atom stereocenters. The zero-order valence-corrected chi connectivity index (χ0v) is 21.3. The van der Waals surface area contributed by atoms with Crippen LogP contribution in [0.25, 0.3) is 22.2 Å². The van der Waals surface area contributed by atoms with Gasteiger partial charge in [-0.05, 0) is 51.5 Å². The van der Waals surface area contributed by atoms with Gasteiger partial charge in [-0.3, -0.25) is 4.79 Å². The minimum atomic E-state index is -1.60. The van der Waals surface area contributed by atoms with E-state index in [-0.39, 0.29) is 24.2 Å². The highest BCUT2D eigenvalue weighted by atomic mass is 16.6. The van der Waals surface area contributed by atoms with Crippen LogP contribution in [0.1, 0.15) is 61.0 Å². The Morgan fingerprint density at radius 3 is 2.49 bits per heavy atom. The number of ether oxygens (including phenoxy) is 1. The summed E-state index contributed by atoms with van der Waals surface area (Å²) in [6.07, 6.45) is -3.45. The summed E-state index contributed by atoms with van der Waals surface area (Å²) < 4.78 is 7.37. The smallest absolute Gasteiger partial charge is 0.410 e. The lowest BCUT2D eigenvalue weighted by Crippen LogP contribution is -2.36. The second-order valence-corrected chi connectivity index (χ2v) is 10.2. The summed E-state index contributed by atoms with van der Waals surface area (Å²) in [7, 11) is 1.81. The average Bonchev–Trinajstić information content (AvgIpc) is 3.05. The summed E-state index contributed by atoms with van der Waals surface area (Å²) in [5.41, 5.74) is -0.160. The third-order valence-electron chi connectivity index (χ3n) is 6.57. The summed E-state index contributed by atoms with van der Waals surface area (Å²) >= 11 is 0. The number of aliphatic hydroxyl groups excluding tert-OH is 2. The van der Waals surface area contributed by atoms with Gasteiger partial charge in [0.1, 0.15) is 17.5 Å². The monoisotopic (exact) mass is 513 g/mol. The molecule has 0 saturated carbocycles. The molecular formula is C26H31N3O8. The molecule has 11 nitrogen and oxygen atoms in total. The van der Waals surface area contributed by atoms with Crippen LogP contribution in [0.5, 0.6) is 5.75 Å². The number of aromatic hydroxyl groups is 1. The first-order chi connectivity index (χ1) is 17.2. The molecule has 1 aliphatic rings.